The SMILES string of the molecule is C#CCCNC(=O)c1cc(Br)ccc1Cl. The van der Waals surface area contributed by atoms with Crippen LogP contribution in [0.4, 0.5) is 0 Å². The zero-order valence-electron chi connectivity index (χ0n) is 7.89. The van der Waals surface area contributed by atoms with Crippen molar-refractivity contribution in [1.29, 1.82) is 0 Å². The maximum absolute atomic E-state index is 11.6. The van der Waals surface area contributed by atoms with Crippen LogP contribution in [0.15, 0.2) is 22.7 Å². The second kappa shape index (κ2) is 5.79. The lowest BCUT2D eigenvalue weighted by molar-refractivity contribution is 0.0954. The molecule has 0 heterocycles. The molecule has 0 fully saturated rings. The van der Waals surface area contributed by atoms with Gasteiger partial charge in [0.05, 0.1) is 10.6 Å². The van der Waals surface area contributed by atoms with Crippen LogP contribution in [0.25, 0.3) is 0 Å². The van der Waals surface area contributed by atoms with Crippen LogP contribution in [0.2, 0.25) is 5.02 Å². The Morgan fingerprint density at radius 1 is 1.60 bits per heavy atom. The van der Waals surface area contributed by atoms with Crippen molar-refractivity contribution in [2.24, 2.45) is 0 Å². The molecule has 15 heavy (non-hydrogen) atoms. The molecule has 0 spiro atoms. The van der Waals surface area contributed by atoms with Crippen molar-refractivity contribution in [3.63, 3.8) is 0 Å². The van der Waals surface area contributed by atoms with Crippen LogP contribution in [0.5, 0.6) is 0 Å². The number of carbonyl (C=O) groups excluding carboxylic acids is 1. The van der Waals surface area contributed by atoms with Gasteiger partial charge in [-0.2, -0.15) is 0 Å². The molecule has 0 aliphatic carbocycles. The predicted molar refractivity (Wildman–Crippen MR) is 64.9 cm³/mol. The molecule has 1 aromatic rings. The van der Waals surface area contributed by atoms with Crippen LogP contribution in [0.3, 0.4) is 0 Å². The highest BCUT2D eigenvalue weighted by Gasteiger charge is 2.09. The van der Waals surface area contributed by atoms with Gasteiger partial charge in [0, 0.05) is 17.4 Å². The van der Waals surface area contributed by atoms with Crippen LogP contribution >= 0.6 is 27.5 Å². The molecule has 0 atom stereocenters. The van der Waals surface area contributed by atoms with E-state index in [2.05, 4.69) is 27.2 Å². The minimum Gasteiger partial charge on any atom is -0.351 e. The van der Waals surface area contributed by atoms with Gasteiger partial charge in [0.2, 0.25) is 0 Å². The fourth-order valence-corrected chi connectivity index (χ4v) is 1.58. The average molecular weight is 287 g/mol. The summed E-state index contributed by atoms with van der Waals surface area (Å²) in [6.45, 7) is 0.457. The van der Waals surface area contributed by atoms with E-state index in [0.29, 0.717) is 23.6 Å². The first kappa shape index (κ1) is 12.1. The van der Waals surface area contributed by atoms with E-state index in [4.69, 9.17) is 18.0 Å². The Kier molecular flexibility index (Phi) is 4.67. The van der Waals surface area contributed by atoms with Gasteiger partial charge >= 0.3 is 0 Å². The van der Waals surface area contributed by atoms with Crippen LogP contribution in [-0.4, -0.2) is 12.5 Å². The molecule has 0 aromatic heterocycles. The van der Waals surface area contributed by atoms with E-state index in [1.807, 2.05) is 0 Å². The third kappa shape index (κ3) is 3.58. The van der Waals surface area contributed by atoms with Gasteiger partial charge in [-0.25, -0.2) is 0 Å². The fraction of sp³-hybridized carbons (Fsp3) is 0.182. The zero-order valence-corrected chi connectivity index (χ0v) is 10.2. The van der Waals surface area contributed by atoms with Gasteiger partial charge in [0.25, 0.3) is 5.91 Å². The lowest BCUT2D eigenvalue weighted by Gasteiger charge is -2.05. The summed E-state index contributed by atoms with van der Waals surface area (Å²) >= 11 is 9.16. The summed E-state index contributed by atoms with van der Waals surface area (Å²) in [5, 5.41) is 3.11. The number of halogens is 2. The van der Waals surface area contributed by atoms with Gasteiger partial charge in [0.1, 0.15) is 0 Å². The van der Waals surface area contributed by atoms with Gasteiger partial charge < -0.3 is 5.32 Å². The Morgan fingerprint density at radius 2 is 2.33 bits per heavy atom. The molecule has 0 unspecified atom stereocenters. The number of hydrogen-bond acceptors (Lipinski definition) is 1. The summed E-state index contributed by atoms with van der Waals surface area (Å²) in [7, 11) is 0. The molecule has 0 saturated carbocycles. The number of nitrogens with one attached hydrogen (secondary N) is 1. The lowest BCUT2D eigenvalue weighted by Crippen LogP contribution is -2.24. The minimum absolute atomic E-state index is 0.212. The topological polar surface area (TPSA) is 29.1 Å². The number of hydrogen-bond donors (Lipinski definition) is 1. The minimum atomic E-state index is -0.212. The van der Waals surface area contributed by atoms with Crippen molar-refractivity contribution < 1.29 is 4.79 Å². The molecular formula is C11H9BrClNO. The molecule has 0 saturated heterocycles. The van der Waals surface area contributed by atoms with E-state index in [1.54, 1.807) is 18.2 Å². The molecule has 1 aromatic carbocycles. The van der Waals surface area contributed by atoms with E-state index in [-0.39, 0.29) is 5.91 Å². The summed E-state index contributed by atoms with van der Waals surface area (Å²) < 4.78 is 0.814. The zero-order chi connectivity index (χ0) is 11.3. The second-order valence-corrected chi connectivity index (χ2v) is 4.16. The number of amides is 1. The monoisotopic (exact) mass is 285 g/mol. The summed E-state index contributed by atoms with van der Waals surface area (Å²) in [5.74, 6) is 2.23. The van der Waals surface area contributed by atoms with Gasteiger partial charge in [-0.1, -0.05) is 27.5 Å². The summed E-state index contributed by atoms with van der Waals surface area (Å²) in [4.78, 5) is 11.6. The first-order valence-corrected chi connectivity index (χ1v) is 5.49. The highest BCUT2D eigenvalue weighted by Crippen LogP contribution is 2.20. The largest absolute Gasteiger partial charge is 0.351 e. The maximum atomic E-state index is 11.6. The molecule has 1 amide bonds. The van der Waals surface area contributed by atoms with Gasteiger partial charge in [-0.05, 0) is 18.2 Å². The Labute approximate surface area is 102 Å². The Bertz CT molecular complexity index is 412. The molecular weight excluding hydrogens is 277 g/mol. The first-order valence-electron chi connectivity index (χ1n) is 4.32. The van der Waals surface area contributed by atoms with Crippen molar-refractivity contribution in [2.45, 2.75) is 6.42 Å². The van der Waals surface area contributed by atoms with Crippen LogP contribution in [-0.2, 0) is 0 Å². The van der Waals surface area contributed by atoms with Crippen molar-refractivity contribution in [3.8, 4) is 12.3 Å². The van der Waals surface area contributed by atoms with Crippen molar-refractivity contribution in [2.75, 3.05) is 6.54 Å². The quantitative estimate of drug-likeness (QED) is 0.672. The van der Waals surface area contributed by atoms with Crippen molar-refractivity contribution in [3.05, 3.63) is 33.3 Å². The molecule has 1 N–H and O–H groups in total. The standard InChI is InChI=1S/C11H9BrClNO/c1-2-3-6-14-11(15)9-7-8(12)4-5-10(9)13/h1,4-5,7H,3,6H2,(H,14,15). The Hall–Kier alpha value is -0.980. The summed E-state index contributed by atoms with van der Waals surface area (Å²) in [6.07, 6.45) is 5.58. The van der Waals surface area contributed by atoms with E-state index in [1.165, 1.54) is 0 Å². The second-order valence-electron chi connectivity index (χ2n) is 2.83. The van der Waals surface area contributed by atoms with Crippen molar-refractivity contribution >= 4 is 33.4 Å². The predicted octanol–water partition coefficient (Wildman–Crippen LogP) is 2.86. The van der Waals surface area contributed by atoms with E-state index in [0.717, 1.165) is 4.47 Å². The van der Waals surface area contributed by atoms with Gasteiger partial charge in [-0.15, -0.1) is 12.3 Å². The van der Waals surface area contributed by atoms with Gasteiger partial charge in [0.15, 0.2) is 0 Å². The molecule has 1 rings (SSSR count). The highest BCUT2D eigenvalue weighted by atomic mass is 79.9. The molecule has 4 heteroatoms. The highest BCUT2D eigenvalue weighted by molar-refractivity contribution is 9.10. The molecule has 0 radical (unpaired) electrons. The number of benzene rings is 1. The molecule has 0 aliphatic rings. The smallest absolute Gasteiger partial charge is 0.252 e. The third-order valence-corrected chi connectivity index (χ3v) is 2.55. The maximum Gasteiger partial charge on any atom is 0.252 e. The summed E-state index contributed by atoms with van der Waals surface area (Å²) in [5.41, 5.74) is 0.447. The van der Waals surface area contributed by atoms with E-state index >= 15 is 0 Å². The van der Waals surface area contributed by atoms with Crippen molar-refractivity contribution in [1.82, 2.24) is 5.32 Å². The van der Waals surface area contributed by atoms with Crippen LogP contribution < -0.4 is 5.32 Å². The number of carbonyl (C=O) groups is 1. The first-order chi connectivity index (χ1) is 7.15. The van der Waals surface area contributed by atoms with Crippen LogP contribution in [0, 0.1) is 12.3 Å². The summed E-state index contributed by atoms with van der Waals surface area (Å²) in [6, 6.07) is 5.12. The van der Waals surface area contributed by atoms with E-state index in [9.17, 15) is 4.79 Å². The van der Waals surface area contributed by atoms with Crippen LogP contribution in [0.1, 0.15) is 16.8 Å². The number of terminal acetylenes is 1. The molecule has 0 bridgehead atoms. The lowest BCUT2D eigenvalue weighted by atomic mass is 10.2. The Balaban J connectivity index is 2.73. The van der Waals surface area contributed by atoms with E-state index < -0.39 is 0 Å². The molecule has 78 valence electrons. The average Bonchev–Trinajstić information content (AvgIpc) is 2.22. The Morgan fingerprint density at radius 3 is 3.00 bits per heavy atom. The molecule has 0 aliphatic heterocycles. The number of rotatable bonds is 3. The van der Waals surface area contributed by atoms with Gasteiger partial charge in [-0.3, -0.25) is 4.79 Å². The molecule has 2 nitrogen and oxygen atoms in total. The third-order valence-electron chi connectivity index (χ3n) is 1.73. The fourth-order valence-electron chi connectivity index (χ4n) is 1.01. The normalized spacial score (nSPS) is 9.40.